The smallest absolute Gasteiger partial charge is 0.250 e. The summed E-state index contributed by atoms with van der Waals surface area (Å²) in [5.41, 5.74) is -0.100. The van der Waals surface area contributed by atoms with Gasteiger partial charge in [0.1, 0.15) is 24.2 Å². The maximum atomic E-state index is 13.9. The zero-order chi connectivity index (χ0) is 15.7. The van der Waals surface area contributed by atoms with E-state index in [-0.39, 0.29) is 34.4 Å². The van der Waals surface area contributed by atoms with E-state index >= 15 is 0 Å². The van der Waals surface area contributed by atoms with Crippen LogP contribution >= 0.6 is 15.9 Å². The lowest BCUT2D eigenvalue weighted by Crippen LogP contribution is -2.58. The lowest BCUT2D eigenvalue weighted by Gasteiger charge is -2.33. The number of carbonyl (C=O) groups is 2. The highest BCUT2D eigenvalue weighted by atomic mass is 79.9. The predicted octanol–water partition coefficient (Wildman–Crippen LogP) is 2.60. The van der Waals surface area contributed by atoms with Crippen molar-refractivity contribution in [2.75, 3.05) is 11.4 Å². The normalized spacial score (nSPS) is 19.1. The maximum absolute atomic E-state index is 13.9. The second-order valence-electron chi connectivity index (χ2n) is 5.39. The fraction of sp³-hybridized carbons (Fsp3) is 0.429. The predicted molar refractivity (Wildman–Crippen MR) is 77.8 cm³/mol. The Balaban J connectivity index is 2.36. The Bertz CT molecular complexity index is 593. The molecular weight excluding hydrogens is 346 g/mol. The number of nitrogens with zero attached hydrogens (tertiary/aromatic N) is 1. The third kappa shape index (κ3) is 3.40. The molecule has 0 aliphatic carbocycles. The van der Waals surface area contributed by atoms with E-state index in [0.29, 0.717) is 12.5 Å². The zero-order valence-corrected chi connectivity index (χ0v) is 13.2. The van der Waals surface area contributed by atoms with Gasteiger partial charge in [0.15, 0.2) is 0 Å². The summed E-state index contributed by atoms with van der Waals surface area (Å²) in [7, 11) is 0. The number of rotatable bonds is 3. The Labute approximate surface area is 129 Å². The molecule has 1 heterocycles. The van der Waals surface area contributed by atoms with Crippen LogP contribution in [0.2, 0.25) is 0 Å². The fourth-order valence-electron chi connectivity index (χ4n) is 2.27. The Morgan fingerprint density at radius 2 is 2.00 bits per heavy atom. The van der Waals surface area contributed by atoms with Crippen molar-refractivity contribution in [3.05, 3.63) is 28.2 Å². The molecule has 2 amide bonds. The molecule has 1 fully saturated rings. The average Bonchev–Trinajstić information content (AvgIpc) is 2.37. The van der Waals surface area contributed by atoms with E-state index < -0.39 is 17.7 Å². The van der Waals surface area contributed by atoms with Crippen molar-refractivity contribution in [1.82, 2.24) is 5.32 Å². The zero-order valence-electron chi connectivity index (χ0n) is 11.6. The molecule has 0 saturated carbocycles. The quantitative estimate of drug-likeness (QED) is 0.842. The molecule has 0 spiro atoms. The van der Waals surface area contributed by atoms with Crippen LogP contribution in [0.25, 0.3) is 0 Å². The van der Waals surface area contributed by atoms with Crippen LogP contribution in [0.3, 0.4) is 0 Å². The first kappa shape index (κ1) is 15.9. The molecule has 2 rings (SSSR count). The van der Waals surface area contributed by atoms with Crippen molar-refractivity contribution < 1.29 is 18.4 Å². The number of hydrogen-bond acceptors (Lipinski definition) is 2. The van der Waals surface area contributed by atoms with Crippen molar-refractivity contribution >= 4 is 33.4 Å². The number of nitrogens with one attached hydrogen (secondary N) is 1. The topological polar surface area (TPSA) is 49.4 Å². The molecule has 7 heteroatoms. The molecule has 4 nitrogen and oxygen atoms in total. The van der Waals surface area contributed by atoms with E-state index in [2.05, 4.69) is 21.2 Å². The Morgan fingerprint density at radius 3 is 2.62 bits per heavy atom. The van der Waals surface area contributed by atoms with Gasteiger partial charge >= 0.3 is 0 Å². The SMILES string of the molecule is CC(C)CC1NC(=O)CN(c2cc(Br)c(F)cc2F)C1=O. The summed E-state index contributed by atoms with van der Waals surface area (Å²) in [6.45, 7) is 3.57. The minimum atomic E-state index is -0.873. The van der Waals surface area contributed by atoms with Crippen molar-refractivity contribution in [2.45, 2.75) is 26.3 Å². The molecule has 0 radical (unpaired) electrons. The van der Waals surface area contributed by atoms with Gasteiger partial charge in [-0.05, 0) is 34.3 Å². The monoisotopic (exact) mass is 360 g/mol. The second-order valence-corrected chi connectivity index (χ2v) is 6.25. The van der Waals surface area contributed by atoms with Crippen LogP contribution in [-0.4, -0.2) is 24.4 Å². The van der Waals surface area contributed by atoms with E-state index in [0.717, 1.165) is 4.90 Å². The molecule has 1 unspecified atom stereocenters. The van der Waals surface area contributed by atoms with Crippen molar-refractivity contribution in [1.29, 1.82) is 0 Å². The molecule has 1 atom stereocenters. The summed E-state index contributed by atoms with van der Waals surface area (Å²) in [4.78, 5) is 25.2. The Hall–Kier alpha value is -1.50. The van der Waals surface area contributed by atoms with Crippen LogP contribution in [0.5, 0.6) is 0 Å². The van der Waals surface area contributed by atoms with Crippen molar-refractivity contribution in [2.24, 2.45) is 5.92 Å². The number of halogens is 3. The second kappa shape index (κ2) is 6.09. The van der Waals surface area contributed by atoms with Gasteiger partial charge in [0.05, 0.1) is 10.2 Å². The maximum Gasteiger partial charge on any atom is 0.250 e. The van der Waals surface area contributed by atoms with Crippen LogP contribution < -0.4 is 10.2 Å². The minimum Gasteiger partial charge on any atom is -0.343 e. The van der Waals surface area contributed by atoms with E-state index in [1.54, 1.807) is 0 Å². The van der Waals surface area contributed by atoms with Crippen LogP contribution in [-0.2, 0) is 9.59 Å². The first-order valence-corrected chi connectivity index (χ1v) is 7.34. The molecule has 1 aliphatic heterocycles. The Morgan fingerprint density at radius 1 is 1.33 bits per heavy atom. The molecule has 1 aromatic carbocycles. The highest BCUT2D eigenvalue weighted by Crippen LogP contribution is 2.28. The number of benzene rings is 1. The number of piperazine rings is 1. The summed E-state index contributed by atoms with van der Waals surface area (Å²) in [6.07, 6.45) is 0.463. The largest absolute Gasteiger partial charge is 0.343 e. The molecular formula is C14H15BrF2N2O2. The van der Waals surface area contributed by atoms with Crippen LogP contribution in [0.4, 0.5) is 14.5 Å². The van der Waals surface area contributed by atoms with E-state index in [1.165, 1.54) is 6.07 Å². The molecule has 1 aliphatic rings. The van der Waals surface area contributed by atoms with Gasteiger partial charge in [-0.2, -0.15) is 0 Å². The summed E-state index contributed by atoms with van der Waals surface area (Å²) in [5.74, 6) is -2.18. The number of carbonyl (C=O) groups excluding carboxylic acids is 2. The standard InChI is InChI=1S/C14H15BrF2N2O2/c1-7(2)3-11-14(21)19(6-13(20)18-11)12-4-8(15)9(16)5-10(12)17/h4-5,7,11H,3,6H2,1-2H3,(H,18,20). The average molecular weight is 361 g/mol. The number of hydrogen-bond donors (Lipinski definition) is 1. The lowest BCUT2D eigenvalue weighted by atomic mass is 10.0. The highest BCUT2D eigenvalue weighted by molar-refractivity contribution is 9.10. The first-order valence-electron chi connectivity index (χ1n) is 6.55. The van der Waals surface area contributed by atoms with Crippen molar-refractivity contribution in [3.8, 4) is 0 Å². The highest BCUT2D eigenvalue weighted by Gasteiger charge is 2.35. The van der Waals surface area contributed by atoms with Gasteiger partial charge in [-0.15, -0.1) is 0 Å². The summed E-state index contributed by atoms with van der Waals surface area (Å²) < 4.78 is 27.2. The van der Waals surface area contributed by atoms with E-state index in [9.17, 15) is 18.4 Å². The molecule has 1 N–H and O–H groups in total. The number of anilines is 1. The molecule has 0 aromatic heterocycles. The molecule has 0 bridgehead atoms. The summed E-state index contributed by atoms with van der Waals surface area (Å²) in [5, 5.41) is 2.60. The van der Waals surface area contributed by atoms with Gasteiger partial charge in [-0.3, -0.25) is 14.5 Å². The van der Waals surface area contributed by atoms with E-state index in [1.807, 2.05) is 13.8 Å². The van der Waals surface area contributed by atoms with Gasteiger partial charge in [-0.1, -0.05) is 13.8 Å². The van der Waals surface area contributed by atoms with Crippen molar-refractivity contribution in [3.63, 3.8) is 0 Å². The van der Waals surface area contributed by atoms with Gasteiger partial charge < -0.3 is 5.32 Å². The molecule has 1 saturated heterocycles. The van der Waals surface area contributed by atoms with Crippen LogP contribution in [0, 0.1) is 17.6 Å². The third-order valence-electron chi connectivity index (χ3n) is 3.19. The molecule has 114 valence electrons. The summed E-state index contributed by atoms with van der Waals surface area (Å²) >= 11 is 2.96. The van der Waals surface area contributed by atoms with Gasteiger partial charge in [0, 0.05) is 6.07 Å². The molecule has 1 aromatic rings. The third-order valence-corrected chi connectivity index (χ3v) is 3.80. The van der Waals surface area contributed by atoms with Crippen LogP contribution in [0.15, 0.2) is 16.6 Å². The lowest BCUT2D eigenvalue weighted by molar-refractivity contribution is -0.131. The Kier molecular flexibility index (Phi) is 4.61. The van der Waals surface area contributed by atoms with Gasteiger partial charge in [0.2, 0.25) is 11.8 Å². The minimum absolute atomic E-state index is 0.0399. The first-order chi connectivity index (χ1) is 9.79. The van der Waals surface area contributed by atoms with E-state index in [4.69, 9.17) is 0 Å². The number of amides is 2. The summed E-state index contributed by atoms with van der Waals surface area (Å²) in [6, 6.07) is 1.18. The fourth-order valence-corrected chi connectivity index (χ4v) is 2.60. The van der Waals surface area contributed by atoms with Gasteiger partial charge in [-0.25, -0.2) is 8.78 Å². The van der Waals surface area contributed by atoms with Crippen LogP contribution in [0.1, 0.15) is 20.3 Å². The van der Waals surface area contributed by atoms with Gasteiger partial charge in [0.25, 0.3) is 0 Å². The molecule has 21 heavy (non-hydrogen) atoms.